The summed E-state index contributed by atoms with van der Waals surface area (Å²) in [6.45, 7) is 7.64. The molecule has 160 valence electrons. The molecule has 0 N–H and O–H groups in total. The van der Waals surface area contributed by atoms with Gasteiger partial charge in [0.2, 0.25) is 0 Å². The number of nitrogens with zero attached hydrogens (tertiary/aromatic N) is 2. The average Bonchev–Trinajstić information content (AvgIpc) is 2.70. The Morgan fingerprint density at radius 3 is 2.30 bits per heavy atom. The third kappa shape index (κ3) is 4.09. The summed E-state index contributed by atoms with van der Waals surface area (Å²) in [6.07, 6.45) is 2.28. The molecule has 0 saturated carbocycles. The van der Waals surface area contributed by atoms with Gasteiger partial charge in [-0.05, 0) is 51.5 Å². The van der Waals surface area contributed by atoms with E-state index in [0.717, 1.165) is 42.3 Å². The summed E-state index contributed by atoms with van der Waals surface area (Å²) >= 11 is 0. The van der Waals surface area contributed by atoms with E-state index in [2.05, 4.69) is 0 Å². The van der Waals surface area contributed by atoms with E-state index in [1.807, 2.05) is 68.1 Å². The summed E-state index contributed by atoms with van der Waals surface area (Å²) < 4.78 is 11.4. The van der Waals surface area contributed by atoms with Crippen LogP contribution in [0.15, 0.2) is 42.5 Å². The molecule has 2 aliphatic heterocycles. The van der Waals surface area contributed by atoms with Crippen molar-refractivity contribution in [2.24, 2.45) is 0 Å². The number of benzene rings is 2. The summed E-state index contributed by atoms with van der Waals surface area (Å²) in [7, 11) is 0. The van der Waals surface area contributed by atoms with Crippen LogP contribution in [0, 0.1) is 0 Å². The lowest BCUT2D eigenvalue weighted by Gasteiger charge is -2.56. The summed E-state index contributed by atoms with van der Waals surface area (Å²) in [5.41, 5.74) is -0.638. The molecule has 0 atom stereocenters. The van der Waals surface area contributed by atoms with Gasteiger partial charge in [-0.1, -0.05) is 36.4 Å². The van der Waals surface area contributed by atoms with Crippen molar-refractivity contribution in [2.75, 3.05) is 26.2 Å². The first-order valence-corrected chi connectivity index (χ1v) is 10.7. The van der Waals surface area contributed by atoms with Crippen LogP contribution < -0.4 is 4.74 Å². The second kappa shape index (κ2) is 7.82. The molecule has 0 bridgehead atoms. The Bertz CT molecular complexity index is 936. The number of hydrogen-bond donors (Lipinski definition) is 0. The minimum atomic E-state index is -0.496. The van der Waals surface area contributed by atoms with Crippen molar-refractivity contribution >= 4 is 22.8 Å². The zero-order valence-corrected chi connectivity index (χ0v) is 18.0. The van der Waals surface area contributed by atoms with Crippen molar-refractivity contribution in [3.05, 3.63) is 42.5 Å². The first-order chi connectivity index (χ1) is 14.3. The van der Waals surface area contributed by atoms with Crippen LogP contribution in [0.5, 0.6) is 5.75 Å². The van der Waals surface area contributed by atoms with Crippen LogP contribution in [0.1, 0.15) is 40.0 Å². The van der Waals surface area contributed by atoms with E-state index < -0.39 is 5.60 Å². The van der Waals surface area contributed by atoms with Gasteiger partial charge in [-0.25, -0.2) is 4.79 Å². The van der Waals surface area contributed by atoms with Crippen LogP contribution >= 0.6 is 0 Å². The number of ether oxygens (including phenoxy) is 2. The molecule has 6 nitrogen and oxygen atoms in total. The number of rotatable bonds is 3. The van der Waals surface area contributed by atoms with E-state index in [9.17, 15) is 9.59 Å². The molecular formula is C24H30N2O4. The van der Waals surface area contributed by atoms with Gasteiger partial charge in [0.1, 0.15) is 11.4 Å². The number of hydrogen-bond acceptors (Lipinski definition) is 4. The van der Waals surface area contributed by atoms with E-state index in [-0.39, 0.29) is 24.1 Å². The zero-order valence-electron chi connectivity index (χ0n) is 18.0. The van der Waals surface area contributed by atoms with E-state index in [0.29, 0.717) is 13.1 Å². The van der Waals surface area contributed by atoms with Crippen molar-refractivity contribution < 1.29 is 19.1 Å². The van der Waals surface area contributed by atoms with Gasteiger partial charge in [0.25, 0.3) is 5.91 Å². The summed E-state index contributed by atoms with van der Waals surface area (Å²) in [6, 6.07) is 13.9. The van der Waals surface area contributed by atoms with Gasteiger partial charge in [0, 0.05) is 30.6 Å². The lowest BCUT2D eigenvalue weighted by molar-refractivity contribution is -0.153. The maximum absolute atomic E-state index is 12.9. The predicted octanol–water partition coefficient (Wildman–Crippen LogP) is 4.22. The highest BCUT2D eigenvalue weighted by Crippen LogP contribution is 2.40. The molecule has 2 heterocycles. The molecule has 1 spiro atoms. The Balaban J connectivity index is 1.34. The Hall–Kier alpha value is -2.76. The van der Waals surface area contributed by atoms with Gasteiger partial charge in [0.15, 0.2) is 6.61 Å². The lowest BCUT2D eigenvalue weighted by Crippen LogP contribution is -2.66. The van der Waals surface area contributed by atoms with E-state index in [4.69, 9.17) is 9.47 Å². The predicted molar refractivity (Wildman–Crippen MR) is 116 cm³/mol. The van der Waals surface area contributed by atoms with Crippen LogP contribution in [0.4, 0.5) is 4.79 Å². The SMILES string of the molecule is CC(C)(C)OC(=O)N1CCC2(CC1)CCN2C(=O)COc1cccc2ccccc12. The number of carbonyl (C=O) groups is 2. The second-order valence-electron chi connectivity index (χ2n) is 9.25. The fraction of sp³-hybridized carbons (Fsp3) is 0.500. The first-order valence-electron chi connectivity index (χ1n) is 10.7. The molecule has 0 aliphatic carbocycles. The van der Waals surface area contributed by atoms with E-state index in [1.54, 1.807) is 4.90 Å². The smallest absolute Gasteiger partial charge is 0.410 e. The molecule has 4 rings (SSSR count). The van der Waals surface area contributed by atoms with Crippen molar-refractivity contribution in [2.45, 2.75) is 51.2 Å². The van der Waals surface area contributed by atoms with Crippen LogP contribution in [-0.4, -0.2) is 59.2 Å². The molecule has 30 heavy (non-hydrogen) atoms. The van der Waals surface area contributed by atoms with Crippen molar-refractivity contribution in [3.8, 4) is 5.75 Å². The number of carbonyl (C=O) groups excluding carboxylic acids is 2. The molecule has 2 aromatic rings. The number of piperidine rings is 1. The Morgan fingerprint density at radius 2 is 1.63 bits per heavy atom. The fourth-order valence-electron chi connectivity index (χ4n) is 4.42. The second-order valence-corrected chi connectivity index (χ2v) is 9.25. The van der Waals surface area contributed by atoms with Crippen molar-refractivity contribution in [3.63, 3.8) is 0 Å². The van der Waals surface area contributed by atoms with Gasteiger partial charge >= 0.3 is 6.09 Å². The van der Waals surface area contributed by atoms with Crippen molar-refractivity contribution in [1.29, 1.82) is 0 Å². The standard InChI is InChI=1S/C24H30N2O4/c1-23(2,3)30-22(28)25-14-11-24(12-15-25)13-16-26(24)21(27)17-29-20-10-6-8-18-7-4-5-9-19(18)20/h4-10H,11-17H2,1-3H3. The van der Waals surface area contributed by atoms with E-state index in [1.165, 1.54) is 0 Å². The monoisotopic (exact) mass is 410 g/mol. The Labute approximate surface area is 177 Å². The molecule has 2 saturated heterocycles. The minimum absolute atomic E-state index is 0.0138. The molecule has 2 aromatic carbocycles. The van der Waals surface area contributed by atoms with Gasteiger partial charge in [-0.15, -0.1) is 0 Å². The van der Waals surface area contributed by atoms with Crippen LogP contribution in [0.3, 0.4) is 0 Å². The molecule has 0 radical (unpaired) electrons. The van der Waals surface area contributed by atoms with Crippen LogP contribution in [0.25, 0.3) is 10.8 Å². The lowest BCUT2D eigenvalue weighted by atomic mass is 9.76. The third-order valence-electron chi connectivity index (χ3n) is 6.12. The molecule has 6 heteroatoms. The topological polar surface area (TPSA) is 59.1 Å². The summed E-state index contributed by atoms with van der Waals surface area (Å²) in [4.78, 5) is 28.9. The summed E-state index contributed by atoms with van der Waals surface area (Å²) in [5.74, 6) is 0.746. The number of likely N-dealkylation sites (tertiary alicyclic amines) is 2. The summed E-state index contributed by atoms with van der Waals surface area (Å²) in [5, 5.41) is 2.11. The maximum atomic E-state index is 12.9. The largest absolute Gasteiger partial charge is 0.483 e. The molecule has 2 aliphatic rings. The van der Waals surface area contributed by atoms with Gasteiger partial charge in [-0.3, -0.25) is 4.79 Å². The first kappa shape index (κ1) is 20.5. The number of amides is 2. The van der Waals surface area contributed by atoms with Crippen molar-refractivity contribution in [1.82, 2.24) is 9.80 Å². The zero-order chi connectivity index (χ0) is 21.4. The van der Waals surface area contributed by atoms with Gasteiger partial charge < -0.3 is 19.3 Å². The molecule has 2 amide bonds. The molecule has 2 fully saturated rings. The normalized spacial score (nSPS) is 18.2. The molecular weight excluding hydrogens is 380 g/mol. The fourth-order valence-corrected chi connectivity index (χ4v) is 4.42. The quantitative estimate of drug-likeness (QED) is 0.760. The Kier molecular flexibility index (Phi) is 5.35. The van der Waals surface area contributed by atoms with Crippen LogP contribution in [0.2, 0.25) is 0 Å². The highest BCUT2D eigenvalue weighted by molar-refractivity contribution is 5.88. The van der Waals surface area contributed by atoms with Gasteiger partial charge in [-0.2, -0.15) is 0 Å². The van der Waals surface area contributed by atoms with Gasteiger partial charge in [0.05, 0.1) is 0 Å². The van der Waals surface area contributed by atoms with E-state index >= 15 is 0 Å². The highest BCUT2D eigenvalue weighted by atomic mass is 16.6. The highest BCUT2D eigenvalue weighted by Gasteiger charge is 2.49. The minimum Gasteiger partial charge on any atom is -0.483 e. The maximum Gasteiger partial charge on any atom is 0.410 e. The third-order valence-corrected chi connectivity index (χ3v) is 6.12. The van der Waals surface area contributed by atoms with Crippen LogP contribution in [-0.2, 0) is 9.53 Å². The Morgan fingerprint density at radius 1 is 0.967 bits per heavy atom. The number of fused-ring (bicyclic) bond motifs is 1. The molecule has 0 unspecified atom stereocenters. The molecule has 0 aromatic heterocycles. The average molecular weight is 411 g/mol.